The lowest BCUT2D eigenvalue weighted by Gasteiger charge is -2.13. The third-order valence-electron chi connectivity index (χ3n) is 3.88. The molecule has 0 bridgehead atoms. The van der Waals surface area contributed by atoms with Crippen molar-refractivity contribution in [3.8, 4) is 0 Å². The zero-order valence-electron chi connectivity index (χ0n) is 10.7. The van der Waals surface area contributed by atoms with Crippen LogP contribution >= 0.6 is 11.3 Å². The molecule has 2 heterocycles. The molecule has 20 heavy (non-hydrogen) atoms. The van der Waals surface area contributed by atoms with Crippen molar-refractivity contribution in [2.75, 3.05) is 0 Å². The molecule has 2 unspecified atom stereocenters. The lowest BCUT2D eigenvalue weighted by Crippen LogP contribution is -2.32. The second-order valence-corrected chi connectivity index (χ2v) is 5.88. The highest BCUT2D eigenvalue weighted by Gasteiger charge is 2.49. The van der Waals surface area contributed by atoms with Gasteiger partial charge in [0.2, 0.25) is 11.8 Å². The molecular formula is C12H14N4O3S. The molecule has 1 saturated heterocycles. The van der Waals surface area contributed by atoms with E-state index in [0.29, 0.717) is 5.69 Å². The summed E-state index contributed by atoms with van der Waals surface area (Å²) >= 11 is 1.14. The Bertz CT molecular complexity index is 563. The van der Waals surface area contributed by atoms with E-state index in [4.69, 9.17) is 5.84 Å². The lowest BCUT2D eigenvalue weighted by molar-refractivity contribution is -0.141. The van der Waals surface area contributed by atoms with Gasteiger partial charge in [0.1, 0.15) is 0 Å². The number of imide groups is 1. The number of thiazole rings is 1. The zero-order chi connectivity index (χ0) is 14.3. The Morgan fingerprint density at radius 1 is 1.40 bits per heavy atom. The van der Waals surface area contributed by atoms with E-state index in [1.165, 1.54) is 4.90 Å². The molecule has 1 aromatic heterocycles. The molecule has 0 spiro atoms. The first kappa shape index (κ1) is 13.2. The van der Waals surface area contributed by atoms with Crippen LogP contribution in [0.15, 0.2) is 5.38 Å². The Kier molecular flexibility index (Phi) is 3.27. The predicted molar refractivity (Wildman–Crippen MR) is 70.2 cm³/mol. The molecule has 1 saturated carbocycles. The van der Waals surface area contributed by atoms with Gasteiger partial charge in [0.15, 0.2) is 5.01 Å². The summed E-state index contributed by atoms with van der Waals surface area (Å²) in [5.41, 5.74) is 2.54. The second-order valence-electron chi connectivity index (χ2n) is 5.02. The second kappa shape index (κ2) is 4.95. The predicted octanol–water partition coefficient (Wildman–Crippen LogP) is 0.0317. The minimum atomic E-state index is -0.475. The number of hydrogen-bond acceptors (Lipinski definition) is 6. The highest BCUT2D eigenvalue weighted by molar-refractivity contribution is 7.11. The molecule has 8 heteroatoms. The summed E-state index contributed by atoms with van der Waals surface area (Å²) in [6, 6.07) is 0. The average molecular weight is 294 g/mol. The van der Waals surface area contributed by atoms with E-state index in [-0.39, 0.29) is 35.2 Å². The molecule has 3 rings (SSSR count). The first-order valence-electron chi connectivity index (χ1n) is 6.42. The molecule has 1 aliphatic carbocycles. The van der Waals surface area contributed by atoms with E-state index < -0.39 is 5.91 Å². The zero-order valence-corrected chi connectivity index (χ0v) is 11.5. The van der Waals surface area contributed by atoms with Crippen molar-refractivity contribution in [1.82, 2.24) is 15.3 Å². The van der Waals surface area contributed by atoms with Crippen LogP contribution in [0.2, 0.25) is 0 Å². The van der Waals surface area contributed by atoms with Gasteiger partial charge in [0, 0.05) is 5.38 Å². The van der Waals surface area contributed by atoms with Crippen molar-refractivity contribution in [2.45, 2.75) is 25.8 Å². The van der Waals surface area contributed by atoms with Crippen LogP contribution in [0, 0.1) is 11.8 Å². The van der Waals surface area contributed by atoms with Gasteiger partial charge in [0.05, 0.1) is 24.1 Å². The molecule has 0 radical (unpaired) electrons. The number of amides is 3. The maximum absolute atomic E-state index is 12.2. The number of aromatic nitrogens is 1. The summed E-state index contributed by atoms with van der Waals surface area (Å²) in [6.45, 7) is 0.138. The summed E-state index contributed by atoms with van der Waals surface area (Å²) in [6.07, 6.45) is 2.53. The molecular weight excluding hydrogens is 280 g/mol. The maximum Gasteiger partial charge on any atom is 0.294 e. The smallest absolute Gasteiger partial charge is 0.288 e. The van der Waals surface area contributed by atoms with E-state index in [2.05, 4.69) is 4.98 Å². The number of likely N-dealkylation sites (tertiary alicyclic amines) is 1. The molecule has 2 fully saturated rings. The number of nitrogens with two attached hydrogens (primary N) is 1. The fraction of sp³-hybridized carbons (Fsp3) is 0.500. The lowest BCUT2D eigenvalue weighted by atomic mass is 10.00. The fourth-order valence-corrected chi connectivity index (χ4v) is 3.63. The Morgan fingerprint density at radius 2 is 2.05 bits per heavy atom. The summed E-state index contributed by atoms with van der Waals surface area (Å²) in [5.74, 6) is 4.06. The van der Waals surface area contributed by atoms with Crippen molar-refractivity contribution in [2.24, 2.45) is 17.7 Å². The van der Waals surface area contributed by atoms with Gasteiger partial charge in [-0.3, -0.25) is 24.7 Å². The van der Waals surface area contributed by atoms with Crippen LogP contribution < -0.4 is 11.3 Å². The molecule has 2 atom stereocenters. The van der Waals surface area contributed by atoms with Crippen LogP contribution in [-0.2, 0) is 16.1 Å². The van der Waals surface area contributed by atoms with E-state index in [0.717, 1.165) is 30.6 Å². The van der Waals surface area contributed by atoms with Gasteiger partial charge in [-0.05, 0) is 12.8 Å². The molecule has 1 aliphatic heterocycles. The Hall–Kier alpha value is -1.80. The van der Waals surface area contributed by atoms with Crippen molar-refractivity contribution in [3.05, 3.63) is 16.1 Å². The normalized spacial score (nSPS) is 25.1. The number of rotatable bonds is 3. The first-order valence-corrected chi connectivity index (χ1v) is 7.30. The number of fused-ring (bicyclic) bond motifs is 1. The average Bonchev–Trinajstić information content (AvgIpc) is 3.14. The van der Waals surface area contributed by atoms with Crippen LogP contribution in [0.4, 0.5) is 0 Å². The molecule has 2 aliphatic rings. The number of hydrazine groups is 1. The monoisotopic (exact) mass is 294 g/mol. The summed E-state index contributed by atoms with van der Waals surface area (Å²) in [7, 11) is 0. The Balaban J connectivity index is 1.75. The molecule has 7 nitrogen and oxygen atoms in total. The fourth-order valence-electron chi connectivity index (χ4n) is 2.92. The van der Waals surface area contributed by atoms with E-state index >= 15 is 0 Å². The van der Waals surface area contributed by atoms with Crippen LogP contribution in [0.25, 0.3) is 0 Å². The van der Waals surface area contributed by atoms with Gasteiger partial charge >= 0.3 is 0 Å². The minimum Gasteiger partial charge on any atom is -0.288 e. The molecule has 106 valence electrons. The topological polar surface area (TPSA) is 105 Å². The van der Waals surface area contributed by atoms with Gasteiger partial charge in [-0.1, -0.05) is 6.42 Å². The van der Waals surface area contributed by atoms with E-state index in [9.17, 15) is 14.4 Å². The number of carbonyl (C=O) groups is 3. The number of nitrogen functional groups attached to an aromatic ring is 1. The molecule has 3 amide bonds. The molecule has 0 aromatic carbocycles. The quantitative estimate of drug-likeness (QED) is 0.354. The summed E-state index contributed by atoms with van der Waals surface area (Å²) in [5, 5.41) is 1.89. The minimum absolute atomic E-state index is 0.102. The van der Waals surface area contributed by atoms with Gasteiger partial charge in [-0.15, -0.1) is 11.3 Å². The molecule has 1 aromatic rings. The highest BCUT2D eigenvalue weighted by atomic mass is 32.1. The molecule has 3 N–H and O–H groups in total. The third-order valence-corrected chi connectivity index (χ3v) is 4.77. The Labute approximate surface area is 119 Å². The maximum atomic E-state index is 12.2. The van der Waals surface area contributed by atoms with Crippen molar-refractivity contribution in [3.63, 3.8) is 0 Å². The van der Waals surface area contributed by atoms with Gasteiger partial charge < -0.3 is 0 Å². The Morgan fingerprint density at radius 3 is 2.65 bits per heavy atom. The van der Waals surface area contributed by atoms with Gasteiger partial charge in [0.25, 0.3) is 5.91 Å². The summed E-state index contributed by atoms with van der Waals surface area (Å²) < 4.78 is 0. The van der Waals surface area contributed by atoms with E-state index in [1.807, 2.05) is 5.43 Å². The number of hydrogen-bond donors (Lipinski definition) is 2. The number of nitrogens with zero attached hydrogens (tertiary/aromatic N) is 2. The van der Waals surface area contributed by atoms with Crippen LogP contribution in [-0.4, -0.2) is 27.6 Å². The largest absolute Gasteiger partial charge is 0.294 e. The summed E-state index contributed by atoms with van der Waals surface area (Å²) in [4.78, 5) is 41.0. The van der Waals surface area contributed by atoms with Crippen molar-refractivity contribution in [1.29, 1.82) is 0 Å². The van der Waals surface area contributed by atoms with Crippen molar-refractivity contribution >= 4 is 29.1 Å². The SMILES string of the molecule is NNC(=O)c1nc(CN2C(=O)C3CCCC3C2=O)cs1. The standard InChI is InChI=1S/C12H14N4O3S/c13-15-9(17)10-14-6(5-20-10)4-16-11(18)7-2-1-3-8(7)12(16)19/h5,7-8H,1-4,13H2,(H,15,17). The highest BCUT2D eigenvalue weighted by Crippen LogP contribution is 2.40. The van der Waals surface area contributed by atoms with E-state index in [1.54, 1.807) is 5.38 Å². The first-order chi connectivity index (χ1) is 9.61. The number of nitrogens with one attached hydrogen (secondary N) is 1. The van der Waals surface area contributed by atoms with Gasteiger partial charge in [-0.25, -0.2) is 10.8 Å². The van der Waals surface area contributed by atoms with Crippen LogP contribution in [0.1, 0.15) is 34.8 Å². The van der Waals surface area contributed by atoms with Crippen LogP contribution in [0.5, 0.6) is 0 Å². The van der Waals surface area contributed by atoms with Crippen molar-refractivity contribution < 1.29 is 14.4 Å². The van der Waals surface area contributed by atoms with Crippen LogP contribution in [0.3, 0.4) is 0 Å². The van der Waals surface area contributed by atoms with Gasteiger partial charge in [-0.2, -0.15) is 0 Å². The number of carbonyl (C=O) groups excluding carboxylic acids is 3. The third kappa shape index (κ3) is 2.01.